The van der Waals surface area contributed by atoms with E-state index in [1.165, 1.54) is 24.3 Å². The van der Waals surface area contributed by atoms with Gasteiger partial charge in [-0.3, -0.25) is 14.9 Å². The topological polar surface area (TPSA) is 90.7 Å². The zero-order valence-corrected chi connectivity index (χ0v) is 15.1. The molecular formula is C17H13IN2O5. The molecule has 1 aliphatic rings. The van der Waals surface area contributed by atoms with E-state index >= 15 is 0 Å². The first-order valence-corrected chi connectivity index (χ1v) is 8.37. The number of nitrogens with zero attached hydrogens (tertiary/aromatic N) is 1. The molecule has 0 radical (unpaired) electrons. The fraction of sp³-hybridized carbons (Fsp3) is 0.118. The third-order valence-electron chi connectivity index (χ3n) is 3.44. The molecule has 0 atom stereocenters. The monoisotopic (exact) mass is 452 g/mol. The van der Waals surface area contributed by atoms with Gasteiger partial charge in [-0.25, -0.2) is 0 Å². The second-order valence-electron chi connectivity index (χ2n) is 5.22. The van der Waals surface area contributed by atoms with Crippen molar-refractivity contribution in [3.8, 4) is 5.75 Å². The molecule has 2 aromatic carbocycles. The summed E-state index contributed by atoms with van der Waals surface area (Å²) in [6, 6.07) is 10.2. The van der Waals surface area contributed by atoms with Gasteiger partial charge in [0.15, 0.2) is 6.79 Å². The van der Waals surface area contributed by atoms with Crippen LogP contribution in [0.4, 0.5) is 11.4 Å². The van der Waals surface area contributed by atoms with Crippen molar-refractivity contribution in [2.45, 2.75) is 6.61 Å². The minimum absolute atomic E-state index is 0.0697. The van der Waals surface area contributed by atoms with Gasteiger partial charge in [0.25, 0.3) is 5.69 Å². The van der Waals surface area contributed by atoms with E-state index in [0.717, 1.165) is 3.57 Å². The van der Waals surface area contributed by atoms with Gasteiger partial charge < -0.3 is 14.8 Å². The number of ether oxygens (including phenoxy) is 2. The summed E-state index contributed by atoms with van der Waals surface area (Å²) in [7, 11) is 0. The number of nitro groups is 1. The Morgan fingerprint density at radius 2 is 2.16 bits per heavy atom. The Morgan fingerprint density at radius 1 is 1.32 bits per heavy atom. The van der Waals surface area contributed by atoms with E-state index < -0.39 is 4.92 Å². The minimum Gasteiger partial charge on any atom is -0.467 e. The number of nitrogens with one attached hydrogen (secondary N) is 1. The van der Waals surface area contributed by atoms with Gasteiger partial charge in [0, 0.05) is 38.6 Å². The van der Waals surface area contributed by atoms with Crippen molar-refractivity contribution in [2.24, 2.45) is 0 Å². The summed E-state index contributed by atoms with van der Waals surface area (Å²) in [5, 5.41) is 13.8. The van der Waals surface area contributed by atoms with Crippen LogP contribution in [0.15, 0.2) is 42.5 Å². The van der Waals surface area contributed by atoms with E-state index in [1.54, 1.807) is 6.07 Å². The number of carbonyl (C=O) groups excluding carboxylic acids is 1. The molecule has 0 saturated heterocycles. The number of halogens is 1. The van der Waals surface area contributed by atoms with Crippen LogP contribution in [-0.2, 0) is 16.1 Å². The third kappa shape index (κ3) is 4.34. The van der Waals surface area contributed by atoms with Gasteiger partial charge in [0.2, 0.25) is 5.91 Å². The summed E-state index contributed by atoms with van der Waals surface area (Å²) in [6.45, 7) is 0.298. The van der Waals surface area contributed by atoms with Crippen molar-refractivity contribution in [1.82, 2.24) is 0 Å². The second-order valence-corrected chi connectivity index (χ2v) is 6.47. The quantitative estimate of drug-likeness (QED) is 0.331. The molecule has 0 spiro atoms. The number of fused-ring (bicyclic) bond motifs is 1. The Bertz CT molecular complexity index is 866. The summed E-state index contributed by atoms with van der Waals surface area (Å²) >= 11 is 2.15. The number of benzene rings is 2. The number of carbonyl (C=O) groups is 1. The molecule has 1 heterocycles. The molecule has 2 aromatic rings. The number of rotatable bonds is 4. The molecule has 1 aliphatic heterocycles. The fourth-order valence-electron chi connectivity index (χ4n) is 2.38. The lowest BCUT2D eigenvalue weighted by Gasteiger charge is -2.19. The van der Waals surface area contributed by atoms with Gasteiger partial charge in [-0.05, 0) is 46.9 Å². The summed E-state index contributed by atoms with van der Waals surface area (Å²) in [6.07, 6.45) is 2.82. The summed E-state index contributed by atoms with van der Waals surface area (Å²) in [4.78, 5) is 22.7. The van der Waals surface area contributed by atoms with E-state index in [-0.39, 0.29) is 25.0 Å². The average molecular weight is 452 g/mol. The molecule has 3 rings (SSSR count). The van der Waals surface area contributed by atoms with Crippen LogP contribution in [0.3, 0.4) is 0 Å². The van der Waals surface area contributed by atoms with Crippen LogP contribution in [0, 0.1) is 13.7 Å². The molecule has 128 valence electrons. The van der Waals surface area contributed by atoms with E-state index in [9.17, 15) is 14.9 Å². The number of nitro benzene ring substituents is 1. The maximum atomic E-state index is 12.1. The maximum Gasteiger partial charge on any atom is 0.270 e. The minimum atomic E-state index is -0.488. The van der Waals surface area contributed by atoms with Gasteiger partial charge in [0.1, 0.15) is 5.75 Å². The molecule has 0 bridgehead atoms. The lowest BCUT2D eigenvalue weighted by molar-refractivity contribution is -0.385. The van der Waals surface area contributed by atoms with Gasteiger partial charge >= 0.3 is 0 Å². The smallest absolute Gasteiger partial charge is 0.270 e. The number of amides is 1. The Morgan fingerprint density at radius 3 is 2.92 bits per heavy atom. The molecule has 7 nitrogen and oxygen atoms in total. The normalized spacial score (nSPS) is 13.2. The lowest BCUT2D eigenvalue weighted by atomic mass is 10.1. The van der Waals surface area contributed by atoms with Crippen LogP contribution < -0.4 is 10.1 Å². The highest BCUT2D eigenvalue weighted by Gasteiger charge is 2.19. The van der Waals surface area contributed by atoms with Crippen LogP contribution in [0.25, 0.3) is 6.08 Å². The van der Waals surface area contributed by atoms with Gasteiger partial charge in [0.05, 0.1) is 11.5 Å². The Balaban J connectivity index is 1.83. The summed E-state index contributed by atoms with van der Waals surface area (Å²) in [5.74, 6) is 0.157. The molecule has 0 aliphatic carbocycles. The number of anilines is 1. The number of non-ortho nitro benzene ring substituents is 1. The molecule has 0 aromatic heterocycles. The highest BCUT2D eigenvalue weighted by atomic mass is 127. The van der Waals surface area contributed by atoms with E-state index in [2.05, 4.69) is 27.9 Å². The first kappa shape index (κ1) is 17.4. The number of hydrogen-bond donors (Lipinski definition) is 1. The Labute approximate surface area is 156 Å². The standard InChI is InChI=1S/C17H13IN2O5/c18-13-2-1-3-14(8-13)19-16(21)5-4-11-6-15(20(22)23)7-12-9-24-10-25-17(11)12/h1-8H,9-10H2,(H,19,21)/b5-4+. The Hall–Kier alpha value is -2.46. The molecule has 0 unspecified atom stereocenters. The first-order valence-electron chi connectivity index (χ1n) is 7.29. The predicted molar refractivity (Wildman–Crippen MR) is 100 cm³/mol. The third-order valence-corrected chi connectivity index (χ3v) is 4.11. The SMILES string of the molecule is O=C(/C=C/c1cc([N+](=O)[O-])cc2c1OCOC2)Nc1cccc(I)c1. The van der Waals surface area contributed by atoms with Crippen LogP contribution in [0.2, 0.25) is 0 Å². The van der Waals surface area contributed by atoms with Gasteiger partial charge in [-0.1, -0.05) is 6.07 Å². The summed E-state index contributed by atoms with van der Waals surface area (Å²) in [5.41, 5.74) is 1.64. The molecule has 0 fully saturated rings. The van der Waals surface area contributed by atoms with Gasteiger partial charge in [-0.15, -0.1) is 0 Å². The van der Waals surface area contributed by atoms with Crippen molar-refractivity contribution >= 4 is 45.9 Å². The van der Waals surface area contributed by atoms with Crippen molar-refractivity contribution in [1.29, 1.82) is 0 Å². The van der Waals surface area contributed by atoms with Crippen molar-refractivity contribution in [2.75, 3.05) is 12.1 Å². The second kappa shape index (κ2) is 7.62. The molecular weight excluding hydrogens is 439 g/mol. The molecule has 1 N–H and O–H groups in total. The van der Waals surface area contributed by atoms with E-state index in [0.29, 0.717) is 22.6 Å². The van der Waals surface area contributed by atoms with Crippen LogP contribution >= 0.6 is 22.6 Å². The van der Waals surface area contributed by atoms with Crippen LogP contribution in [0.5, 0.6) is 5.75 Å². The highest BCUT2D eigenvalue weighted by molar-refractivity contribution is 14.1. The average Bonchev–Trinajstić information content (AvgIpc) is 2.59. The van der Waals surface area contributed by atoms with Crippen molar-refractivity contribution in [3.05, 3.63) is 67.3 Å². The molecule has 0 saturated carbocycles. The fourth-order valence-corrected chi connectivity index (χ4v) is 2.92. The molecule has 25 heavy (non-hydrogen) atoms. The van der Waals surface area contributed by atoms with Crippen LogP contribution in [0.1, 0.15) is 11.1 Å². The lowest BCUT2D eigenvalue weighted by Crippen LogP contribution is -2.13. The number of hydrogen-bond acceptors (Lipinski definition) is 5. The Kier molecular flexibility index (Phi) is 5.29. The molecule has 1 amide bonds. The van der Waals surface area contributed by atoms with Crippen LogP contribution in [-0.4, -0.2) is 17.6 Å². The zero-order valence-electron chi connectivity index (χ0n) is 12.9. The van der Waals surface area contributed by atoms with E-state index in [4.69, 9.17) is 9.47 Å². The highest BCUT2D eigenvalue weighted by Crippen LogP contribution is 2.33. The maximum absolute atomic E-state index is 12.1. The summed E-state index contributed by atoms with van der Waals surface area (Å²) < 4.78 is 11.6. The van der Waals surface area contributed by atoms with Gasteiger partial charge in [-0.2, -0.15) is 0 Å². The predicted octanol–water partition coefficient (Wildman–Crippen LogP) is 3.72. The largest absolute Gasteiger partial charge is 0.467 e. The molecule has 8 heteroatoms. The van der Waals surface area contributed by atoms with Crippen molar-refractivity contribution in [3.63, 3.8) is 0 Å². The van der Waals surface area contributed by atoms with E-state index in [1.807, 2.05) is 18.2 Å². The zero-order chi connectivity index (χ0) is 17.8. The first-order chi connectivity index (χ1) is 12.0. The van der Waals surface area contributed by atoms with Crippen molar-refractivity contribution < 1.29 is 19.2 Å².